The van der Waals surface area contributed by atoms with Gasteiger partial charge < -0.3 is 0 Å². The second kappa shape index (κ2) is 3.22. The summed E-state index contributed by atoms with van der Waals surface area (Å²) in [5, 5.41) is 9.32. The second-order valence-corrected chi connectivity index (χ2v) is 4.84. The molecule has 1 rings (SSSR count). The number of hydrogen-bond acceptors (Lipinski definition) is 3. The second-order valence-electron chi connectivity index (χ2n) is 2.90. The van der Waals surface area contributed by atoms with Crippen LogP contribution >= 0.6 is 0 Å². The van der Waals surface area contributed by atoms with Crippen molar-refractivity contribution in [1.29, 1.82) is 5.26 Å². The maximum Gasteiger partial charge on any atom is 0.244 e. The first-order chi connectivity index (χ1) is 5.17. The van der Waals surface area contributed by atoms with E-state index in [-0.39, 0.29) is 5.25 Å². The fourth-order valence-electron chi connectivity index (χ4n) is 1.45. The summed E-state index contributed by atoms with van der Waals surface area (Å²) in [7, 11) is -3.42. The van der Waals surface area contributed by atoms with Gasteiger partial charge in [0.05, 0.1) is 5.25 Å². The van der Waals surface area contributed by atoms with E-state index in [1.54, 1.807) is 0 Å². The largest absolute Gasteiger partial charge is 0.244 e. The van der Waals surface area contributed by atoms with E-state index in [1.165, 1.54) is 5.40 Å². The molecule has 0 heterocycles. The average molecular weight is 173 g/mol. The smallest absolute Gasteiger partial charge is 0.213 e. The molecule has 3 nitrogen and oxygen atoms in total. The summed E-state index contributed by atoms with van der Waals surface area (Å²) in [4.78, 5) is 0. The molecule has 0 unspecified atom stereocenters. The van der Waals surface area contributed by atoms with Crippen molar-refractivity contribution in [2.75, 3.05) is 0 Å². The van der Waals surface area contributed by atoms with Gasteiger partial charge in [-0.15, -0.1) is 0 Å². The third kappa shape index (κ3) is 1.93. The van der Waals surface area contributed by atoms with Crippen molar-refractivity contribution in [2.45, 2.75) is 37.4 Å². The summed E-state index contributed by atoms with van der Waals surface area (Å²) in [6.45, 7) is 0. The molecule has 1 aliphatic carbocycles. The molecule has 0 saturated heterocycles. The third-order valence-corrected chi connectivity index (χ3v) is 3.72. The quantitative estimate of drug-likeness (QED) is 0.442. The molecule has 1 aliphatic rings. The zero-order valence-corrected chi connectivity index (χ0v) is 7.10. The molecule has 1 fully saturated rings. The van der Waals surface area contributed by atoms with Crippen LogP contribution in [0.4, 0.5) is 0 Å². The standard InChI is InChI=1S/C7H11NO2S/c8-6-11(9,10)7-4-2-1-3-5-7/h7H,1-5H2. The van der Waals surface area contributed by atoms with Crippen molar-refractivity contribution in [2.24, 2.45) is 0 Å². The van der Waals surface area contributed by atoms with Gasteiger partial charge in [-0.3, -0.25) is 0 Å². The lowest BCUT2D eigenvalue weighted by Crippen LogP contribution is -2.21. The van der Waals surface area contributed by atoms with E-state index < -0.39 is 9.84 Å². The molecule has 0 spiro atoms. The minimum Gasteiger partial charge on any atom is -0.213 e. The Bertz CT molecular complexity index is 257. The van der Waals surface area contributed by atoms with Crippen LogP contribution in [0, 0.1) is 10.7 Å². The molecule has 0 aliphatic heterocycles. The molecule has 0 N–H and O–H groups in total. The SMILES string of the molecule is N#CS(=O)(=O)C1CCCCC1. The molecule has 62 valence electrons. The Morgan fingerprint density at radius 3 is 2.18 bits per heavy atom. The van der Waals surface area contributed by atoms with Crippen LogP contribution in [0.3, 0.4) is 0 Å². The number of thiocyanates is 1. The van der Waals surface area contributed by atoms with E-state index in [0.29, 0.717) is 12.8 Å². The number of hydrogen-bond donors (Lipinski definition) is 0. The van der Waals surface area contributed by atoms with Crippen LogP contribution in [0.1, 0.15) is 32.1 Å². The van der Waals surface area contributed by atoms with E-state index in [4.69, 9.17) is 5.26 Å². The highest BCUT2D eigenvalue weighted by Crippen LogP contribution is 2.23. The Morgan fingerprint density at radius 1 is 1.18 bits per heavy atom. The molecule has 0 aromatic rings. The lowest BCUT2D eigenvalue weighted by atomic mass is 10.0. The molecule has 1 saturated carbocycles. The van der Waals surface area contributed by atoms with E-state index in [9.17, 15) is 8.42 Å². The lowest BCUT2D eigenvalue weighted by Gasteiger charge is -2.17. The van der Waals surface area contributed by atoms with Crippen molar-refractivity contribution in [3.63, 3.8) is 0 Å². The number of sulfone groups is 1. The monoisotopic (exact) mass is 173 g/mol. The van der Waals surface area contributed by atoms with Crippen molar-refractivity contribution < 1.29 is 8.42 Å². The molecule has 4 heteroatoms. The van der Waals surface area contributed by atoms with Crippen LogP contribution in [-0.4, -0.2) is 13.7 Å². The Labute approximate surface area is 66.9 Å². The maximum atomic E-state index is 11.0. The molecule has 0 amide bonds. The predicted molar refractivity (Wildman–Crippen MR) is 41.4 cm³/mol. The highest BCUT2D eigenvalue weighted by atomic mass is 32.2. The zero-order chi connectivity index (χ0) is 8.32. The third-order valence-electron chi connectivity index (χ3n) is 2.12. The van der Waals surface area contributed by atoms with Crippen LogP contribution in [0.2, 0.25) is 0 Å². The van der Waals surface area contributed by atoms with Gasteiger partial charge in [0.2, 0.25) is 9.84 Å². The van der Waals surface area contributed by atoms with Crippen LogP contribution in [0.5, 0.6) is 0 Å². The molecule has 11 heavy (non-hydrogen) atoms. The minimum atomic E-state index is -3.42. The van der Waals surface area contributed by atoms with Gasteiger partial charge in [-0.1, -0.05) is 19.3 Å². The molecular formula is C7H11NO2S. The first kappa shape index (κ1) is 8.54. The summed E-state index contributed by atoms with van der Waals surface area (Å²) >= 11 is 0. The molecule has 0 atom stereocenters. The van der Waals surface area contributed by atoms with Crippen LogP contribution in [0.25, 0.3) is 0 Å². The van der Waals surface area contributed by atoms with Crippen LogP contribution in [0.15, 0.2) is 0 Å². The summed E-state index contributed by atoms with van der Waals surface area (Å²) in [6, 6.07) is 0. The Balaban J connectivity index is 2.68. The summed E-state index contributed by atoms with van der Waals surface area (Å²) in [5.41, 5.74) is 0. The van der Waals surface area contributed by atoms with Gasteiger partial charge in [0.25, 0.3) is 0 Å². The number of nitriles is 1. The molecule has 0 aromatic carbocycles. The summed E-state index contributed by atoms with van der Waals surface area (Å²) in [5.74, 6) is 0. The maximum absolute atomic E-state index is 11.0. The first-order valence-corrected chi connectivity index (χ1v) is 5.36. The number of nitrogens with zero attached hydrogens (tertiary/aromatic N) is 1. The molecular weight excluding hydrogens is 162 g/mol. The summed E-state index contributed by atoms with van der Waals surface area (Å²) in [6.07, 6.45) is 4.36. The fourth-order valence-corrected chi connectivity index (χ4v) is 2.55. The van der Waals surface area contributed by atoms with E-state index in [0.717, 1.165) is 19.3 Å². The average Bonchev–Trinajstić information content (AvgIpc) is 2.06. The highest BCUT2D eigenvalue weighted by Gasteiger charge is 2.26. The van der Waals surface area contributed by atoms with Gasteiger partial charge in [-0.05, 0) is 12.8 Å². The van der Waals surface area contributed by atoms with Crippen molar-refractivity contribution in [3.05, 3.63) is 0 Å². The molecule has 0 bridgehead atoms. The van der Waals surface area contributed by atoms with E-state index in [1.807, 2.05) is 0 Å². The van der Waals surface area contributed by atoms with Crippen LogP contribution < -0.4 is 0 Å². The number of rotatable bonds is 1. The van der Waals surface area contributed by atoms with Crippen molar-refractivity contribution in [1.82, 2.24) is 0 Å². The molecule has 0 radical (unpaired) electrons. The van der Waals surface area contributed by atoms with E-state index >= 15 is 0 Å². The highest BCUT2D eigenvalue weighted by molar-refractivity contribution is 7.96. The predicted octanol–water partition coefficient (Wildman–Crippen LogP) is 1.21. The van der Waals surface area contributed by atoms with Gasteiger partial charge >= 0.3 is 0 Å². The normalized spacial score (nSPS) is 21.0. The Kier molecular flexibility index (Phi) is 2.50. The summed E-state index contributed by atoms with van der Waals surface area (Å²) < 4.78 is 22.0. The van der Waals surface area contributed by atoms with Crippen molar-refractivity contribution >= 4 is 9.84 Å². The van der Waals surface area contributed by atoms with Crippen LogP contribution in [-0.2, 0) is 9.84 Å². The first-order valence-electron chi connectivity index (χ1n) is 3.81. The van der Waals surface area contributed by atoms with Gasteiger partial charge in [0.15, 0.2) is 5.40 Å². The lowest BCUT2D eigenvalue weighted by molar-refractivity contribution is 0.488. The van der Waals surface area contributed by atoms with Gasteiger partial charge in [-0.25, -0.2) is 8.42 Å². The van der Waals surface area contributed by atoms with Crippen molar-refractivity contribution in [3.8, 4) is 5.40 Å². The topological polar surface area (TPSA) is 57.9 Å². The van der Waals surface area contributed by atoms with Gasteiger partial charge in [0, 0.05) is 0 Å². The fraction of sp³-hybridized carbons (Fsp3) is 0.857. The minimum absolute atomic E-state index is 0.374. The zero-order valence-electron chi connectivity index (χ0n) is 6.28. The van der Waals surface area contributed by atoms with Gasteiger partial charge in [0.1, 0.15) is 0 Å². The van der Waals surface area contributed by atoms with E-state index in [2.05, 4.69) is 0 Å². The van der Waals surface area contributed by atoms with Gasteiger partial charge in [-0.2, -0.15) is 5.26 Å². The molecule has 0 aromatic heterocycles. The Hall–Kier alpha value is -0.560. The Morgan fingerprint density at radius 2 is 1.73 bits per heavy atom.